The molecule has 1 aliphatic heterocycles. The number of halogens is 2. The molecule has 0 bridgehead atoms. The number of aromatic nitrogens is 4. The van der Waals surface area contributed by atoms with Crippen molar-refractivity contribution >= 4 is 46.4 Å². The van der Waals surface area contributed by atoms with Crippen LogP contribution in [0.5, 0.6) is 0 Å². The van der Waals surface area contributed by atoms with Gasteiger partial charge in [-0.05, 0) is 31.7 Å². The number of hydrogen-bond acceptors (Lipinski definition) is 5. The first-order valence-electron chi connectivity index (χ1n) is 7.49. The quantitative estimate of drug-likeness (QED) is 0.632. The van der Waals surface area contributed by atoms with E-state index in [1.807, 2.05) is 13.0 Å². The lowest BCUT2D eigenvalue weighted by Crippen LogP contribution is -2.23. The lowest BCUT2D eigenvalue weighted by Gasteiger charge is -2.11. The molecule has 9 heteroatoms. The van der Waals surface area contributed by atoms with Crippen molar-refractivity contribution in [3.05, 3.63) is 34.1 Å². The number of H-pyrrole nitrogens is 2. The number of nitrogens with zero attached hydrogens (tertiary/aromatic N) is 2. The molecular weight excluding hydrogens is 369 g/mol. The number of thiophene rings is 1. The Balaban J connectivity index is 0.000000845. The molecule has 0 aromatic carbocycles. The molecule has 1 saturated carbocycles. The lowest BCUT2D eigenvalue weighted by molar-refractivity contribution is 0.539. The van der Waals surface area contributed by atoms with Gasteiger partial charge >= 0.3 is 0 Å². The molecule has 1 aliphatic carbocycles. The Morgan fingerprint density at radius 2 is 2.12 bits per heavy atom. The van der Waals surface area contributed by atoms with Crippen LogP contribution < -0.4 is 10.9 Å². The summed E-state index contributed by atoms with van der Waals surface area (Å²) in [7, 11) is 0. The third-order valence-electron chi connectivity index (χ3n) is 4.70. The van der Waals surface area contributed by atoms with Crippen LogP contribution in [0.3, 0.4) is 0 Å². The van der Waals surface area contributed by atoms with Crippen LogP contribution in [-0.2, 0) is 0 Å². The van der Waals surface area contributed by atoms with E-state index in [0.717, 1.165) is 39.8 Å². The van der Waals surface area contributed by atoms with Gasteiger partial charge in [0.05, 0.1) is 17.8 Å². The minimum Gasteiger partial charge on any atom is -0.308 e. The highest BCUT2D eigenvalue weighted by Crippen LogP contribution is 2.45. The van der Waals surface area contributed by atoms with Crippen LogP contribution in [0, 0.1) is 12.8 Å². The number of nitrogens with one attached hydrogen (secondary N) is 3. The number of hydrogen-bond donors (Lipinski definition) is 3. The lowest BCUT2D eigenvalue weighted by atomic mass is 10.1. The van der Waals surface area contributed by atoms with Crippen molar-refractivity contribution in [3.8, 4) is 10.4 Å². The number of aromatic amines is 2. The molecular formula is C15H17Cl2N5OS. The molecule has 0 spiro atoms. The van der Waals surface area contributed by atoms with Gasteiger partial charge in [0.25, 0.3) is 5.56 Å². The topological polar surface area (TPSA) is 86.5 Å². The van der Waals surface area contributed by atoms with E-state index >= 15 is 0 Å². The third kappa shape index (κ3) is 2.65. The summed E-state index contributed by atoms with van der Waals surface area (Å²) in [4.78, 5) is 21.1. The predicted octanol–water partition coefficient (Wildman–Crippen LogP) is 2.95. The molecule has 1 saturated heterocycles. The van der Waals surface area contributed by atoms with Crippen molar-refractivity contribution in [2.24, 2.45) is 5.92 Å². The summed E-state index contributed by atoms with van der Waals surface area (Å²) < 4.78 is 0.683. The fraction of sp³-hybridized carbons (Fsp3) is 0.400. The molecule has 24 heavy (non-hydrogen) atoms. The first kappa shape index (κ1) is 17.4. The Kier molecular flexibility index (Phi) is 4.46. The van der Waals surface area contributed by atoms with Crippen LogP contribution in [0.4, 0.5) is 0 Å². The maximum atomic E-state index is 12.4. The Bertz CT molecular complexity index is 939. The normalized spacial score (nSPS) is 24.3. The Morgan fingerprint density at radius 3 is 2.79 bits per heavy atom. The second-order valence-corrected chi connectivity index (χ2v) is 7.29. The van der Waals surface area contributed by atoms with Gasteiger partial charge in [-0.25, -0.2) is 4.98 Å². The van der Waals surface area contributed by atoms with Crippen molar-refractivity contribution in [1.82, 2.24) is 25.5 Å². The van der Waals surface area contributed by atoms with Crippen LogP contribution in [0.2, 0.25) is 0 Å². The summed E-state index contributed by atoms with van der Waals surface area (Å²) in [5.74, 6) is 1.55. The monoisotopic (exact) mass is 385 g/mol. The molecule has 3 atom stereocenters. The van der Waals surface area contributed by atoms with Gasteiger partial charge in [0.15, 0.2) is 0 Å². The molecule has 2 fully saturated rings. The molecule has 0 amide bonds. The number of aryl methyl sites for hydroxylation is 1. The van der Waals surface area contributed by atoms with E-state index in [-0.39, 0.29) is 36.4 Å². The van der Waals surface area contributed by atoms with Crippen molar-refractivity contribution in [2.75, 3.05) is 0 Å². The highest BCUT2D eigenvalue weighted by Gasteiger charge is 2.46. The standard InChI is InChI=1S/C15H15N5OS.2ClH/c1-6-8(5-16-20-6)12-4-10-13(22-12)15(21)19-14(18-10)11-3-7-2-9(7)17-11;;/h4-5,7,9,11,17H,2-3H2,1H3,(H,16,20)(H,18,19,21);2*1H/t7-,9-,11-;;/m0../s1. The fourth-order valence-corrected chi connectivity index (χ4v) is 4.45. The molecule has 2 aliphatic rings. The molecule has 6 nitrogen and oxygen atoms in total. The van der Waals surface area contributed by atoms with E-state index in [0.29, 0.717) is 10.7 Å². The summed E-state index contributed by atoms with van der Waals surface area (Å²) in [5, 5.41) is 10.5. The molecule has 0 radical (unpaired) electrons. The summed E-state index contributed by atoms with van der Waals surface area (Å²) >= 11 is 1.47. The van der Waals surface area contributed by atoms with E-state index in [2.05, 4.69) is 20.5 Å². The van der Waals surface area contributed by atoms with Crippen LogP contribution in [0.1, 0.15) is 30.4 Å². The first-order chi connectivity index (χ1) is 10.7. The highest BCUT2D eigenvalue weighted by molar-refractivity contribution is 7.22. The SMILES string of the molecule is Cc1[nH]ncc1-c1cc2nc([C@@H]3C[C@@H]4C[C@@H]4N3)[nH]c(=O)c2s1.Cl.Cl. The van der Waals surface area contributed by atoms with E-state index in [1.54, 1.807) is 6.20 Å². The molecule has 5 rings (SSSR count). The van der Waals surface area contributed by atoms with Crippen molar-refractivity contribution in [2.45, 2.75) is 31.8 Å². The zero-order valence-electron chi connectivity index (χ0n) is 12.8. The van der Waals surface area contributed by atoms with Gasteiger partial charge in [-0.15, -0.1) is 36.2 Å². The minimum atomic E-state index is -0.0419. The second kappa shape index (κ2) is 6.15. The maximum absolute atomic E-state index is 12.4. The summed E-state index contributed by atoms with van der Waals surface area (Å²) in [6, 6.07) is 2.82. The smallest absolute Gasteiger partial charge is 0.268 e. The van der Waals surface area contributed by atoms with Crippen LogP contribution in [0.25, 0.3) is 20.7 Å². The average molecular weight is 386 g/mol. The predicted molar refractivity (Wildman–Crippen MR) is 99.4 cm³/mol. The van der Waals surface area contributed by atoms with Gasteiger partial charge in [0, 0.05) is 22.2 Å². The van der Waals surface area contributed by atoms with Gasteiger partial charge < -0.3 is 10.3 Å². The number of fused-ring (bicyclic) bond motifs is 2. The van der Waals surface area contributed by atoms with Gasteiger partial charge in [0.1, 0.15) is 10.5 Å². The number of rotatable bonds is 2. The van der Waals surface area contributed by atoms with Crippen molar-refractivity contribution < 1.29 is 0 Å². The van der Waals surface area contributed by atoms with Gasteiger partial charge in [-0.2, -0.15) is 5.10 Å². The Hall–Kier alpha value is -1.41. The zero-order chi connectivity index (χ0) is 14.8. The summed E-state index contributed by atoms with van der Waals surface area (Å²) in [6.45, 7) is 1.98. The highest BCUT2D eigenvalue weighted by atomic mass is 35.5. The van der Waals surface area contributed by atoms with E-state index in [1.165, 1.54) is 17.8 Å². The summed E-state index contributed by atoms with van der Waals surface area (Å²) in [6.07, 6.45) is 4.14. The van der Waals surface area contributed by atoms with Gasteiger partial charge in [0.2, 0.25) is 0 Å². The minimum absolute atomic E-state index is 0. The number of piperidine rings is 1. The van der Waals surface area contributed by atoms with E-state index < -0.39 is 0 Å². The molecule has 128 valence electrons. The molecule has 0 unspecified atom stereocenters. The van der Waals surface area contributed by atoms with Crippen LogP contribution in [0.15, 0.2) is 17.1 Å². The third-order valence-corrected chi connectivity index (χ3v) is 5.86. The van der Waals surface area contributed by atoms with E-state index in [4.69, 9.17) is 4.98 Å². The molecule has 4 heterocycles. The molecule has 3 N–H and O–H groups in total. The van der Waals surface area contributed by atoms with E-state index in [9.17, 15) is 4.79 Å². The average Bonchev–Trinajstić information content (AvgIpc) is 2.89. The zero-order valence-corrected chi connectivity index (χ0v) is 15.3. The molecule has 3 aromatic heterocycles. The van der Waals surface area contributed by atoms with Crippen molar-refractivity contribution in [1.29, 1.82) is 0 Å². The summed E-state index contributed by atoms with van der Waals surface area (Å²) in [5.41, 5.74) is 2.77. The van der Waals surface area contributed by atoms with Crippen LogP contribution in [-0.4, -0.2) is 26.2 Å². The van der Waals surface area contributed by atoms with Crippen molar-refractivity contribution in [3.63, 3.8) is 0 Å². The Morgan fingerprint density at radius 1 is 1.29 bits per heavy atom. The fourth-order valence-electron chi connectivity index (χ4n) is 3.39. The Labute approximate surface area is 154 Å². The maximum Gasteiger partial charge on any atom is 0.268 e. The van der Waals surface area contributed by atoms with Gasteiger partial charge in [-0.3, -0.25) is 9.89 Å². The molecule has 3 aromatic rings. The van der Waals surface area contributed by atoms with Crippen LogP contribution >= 0.6 is 36.2 Å². The second-order valence-electron chi connectivity index (χ2n) is 6.24. The first-order valence-corrected chi connectivity index (χ1v) is 8.31. The van der Waals surface area contributed by atoms with Gasteiger partial charge in [-0.1, -0.05) is 0 Å². The largest absolute Gasteiger partial charge is 0.308 e.